The quantitative estimate of drug-likeness (QED) is 0.762. The largest absolute Gasteiger partial charge is 0.340 e. The fraction of sp³-hybridized carbons (Fsp3) is 0.526. The number of rotatable bonds is 6. The maximum absolute atomic E-state index is 12.6. The minimum Gasteiger partial charge on any atom is -0.340 e. The maximum Gasteiger partial charge on any atom is 0.227 e. The molecule has 1 aliphatic heterocycles. The fourth-order valence-corrected chi connectivity index (χ4v) is 3.49. The molecule has 1 saturated heterocycles. The van der Waals surface area contributed by atoms with Gasteiger partial charge in [-0.2, -0.15) is 4.98 Å². The van der Waals surface area contributed by atoms with Crippen molar-refractivity contribution in [1.82, 2.24) is 24.9 Å². The Morgan fingerprint density at radius 3 is 2.93 bits per heavy atom. The molecule has 0 saturated carbocycles. The number of likely N-dealkylation sites (tertiary alicyclic amines) is 1. The number of pyridine rings is 1. The molecule has 1 fully saturated rings. The van der Waals surface area contributed by atoms with Crippen molar-refractivity contribution >= 4 is 11.8 Å². The molecule has 1 unspecified atom stereocenters. The van der Waals surface area contributed by atoms with Crippen LogP contribution in [0.15, 0.2) is 29.0 Å². The van der Waals surface area contributed by atoms with Crippen molar-refractivity contribution in [2.75, 3.05) is 19.6 Å². The predicted octanol–water partition coefficient (Wildman–Crippen LogP) is 1.40. The van der Waals surface area contributed by atoms with E-state index >= 15 is 0 Å². The van der Waals surface area contributed by atoms with E-state index < -0.39 is 0 Å². The number of hydrogen-bond donors (Lipinski definition) is 0. The zero-order valence-electron chi connectivity index (χ0n) is 15.8. The summed E-state index contributed by atoms with van der Waals surface area (Å²) in [6, 6.07) is 3.75. The highest BCUT2D eigenvalue weighted by Gasteiger charge is 2.29. The van der Waals surface area contributed by atoms with Gasteiger partial charge in [-0.1, -0.05) is 11.2 Å². The van der Waals surface area contributed by atoms with Crippen LogP contribution in [-0.2, 0) is 22.4 Å². The number of aryl methyl sites for hydroxylation is 1. The Kier molecular flexibility index (Phi) is 6.16. The molecule has 3 rings (SSSR count). The second kappa shape index (κ2) is 8.75. The van der Waals surface area contributed by atoms with E-state index in [0.29, 0.717) is 37.6 Å². The number of aromatic nitrogens is 3. The van der Waals surface area contributed by atoms with Crippen LogP contribution >= 0.6 is 0 Å². The van der Waals surface area contributed by atoms with Crippen LogP contribution in [0.1, 0.15) is 37.0 Å². The SMILES string of the molecule is CC(=O)N(CCc1noc(C)n1)C1CCCN(C(=O)Cc2cccnc2)C1. The number of hydrogen-bond acceptors (Lipinski definition) is 6. The van der Waals surface area contributed by atoms with Crippen LogP contribution in [0.5, 0.6) is 0 Å². The van der Waals surface area contributed by atoms with E-state index in [4.69, 9.17) is 4.52 Å². The highest BCUT2D eigenvalue weighted by atomic mass is 16.5. The van der Waals surface area contributed by atoms with Crippen LogP contribution in [0.4, 0.5) is 0 Å². The summed E-state index contributed by atoms with van der Waals surface area (Å²) in [6.07, 6.45) is 6.06. The molecule has 2 aromatic heterocycles. The second-order valence-electron chi connectivity index (χ2n) is 6.87. The van der Waals surface area contributed by atoms with Gasteiger partial charge in [0.15, 0.2) is 5.82 Å². The van der Waals surface area contributed by atoms with Gasteiger partial charge in [-0.15, -0.1) is 0 Å². The minimum atomic E-state index is 0.00164. The van der Waals surface area contributed by atoms with Crippen LogP contribution in [0.2, 0.25) is 0 Å². The summed E-state index contributed by atoms with van der Waals surface area (Å²) in [5.41, 5.74) is 0.903. The van der Waals surface area contributed by atoms with Gasteiger partial charge in [-0.05, 0) is 24.5 Å². The normalized spacial score (nSPS) is 17.0. The molecule has 3 heterocycles. The lowest BCUT2D eigenvalue weighted by Crippen LogP contribution is -2.52. The van der Waals surface area contributed by atoms with Crippen molar-refractivity contribution in [2.45, 2.75) is 45.6 Å². The first-order valence-corrected chi connectivity index (χ1v) is 9.26. The third kappa shape index (κ3) is 5.12. The summed E-state index contributed by atoms with van der Waals surface area (Å²) in [5.74, 6) is 1.19. The Balaban J connectivity index is 1.60. The zero-order chi connectivity index (χ0) is 19.2. The van der Waals surface area contributed by atoms with E-state index in [1.54, 1.807) is 26.2 Å². The molecule has 27 heavy (non-hydrogen) atoms. The number of carbonyl (C=O) groups excluding carboxylic acids is 2. The van der Waals surface area contributed by atoms with Gasteiger partial charge < -0.3 is 14.3 Å². The topological polar surface area (TPSA) is 92.4 Å². The monoisotopic (exact) mass is 371 g/mol. The van der Waals surface area contributed by atoms with E-state index in [2.05, 4.69) is 15.1 Å². The smallest absolute Gasteiger partial charge is 0.227 e. The van der Waals surface area contributed by atoms with Crippen LogP contribution in [0.3, 0.4) is 0 Å². The van der Waals surface area contributed by atoms with Gasteiger partial charge >= 0.3 is 0 Å². The second-order valence-corrected chi connectivity index (χ2v) is 6.87. The number of carbonyl (C=O) groups is 2. The van der Waals surface area contributed by atoms with E-state index in [-0.39, 0.29) is 17.9 Å². The third-order valence-corrected chi connectivity index (χ3v) is 4.82. The number of amides is 2. The Hall–Kier alpha value is -2.77. The molecule has 1 aliphatic rings. The molecule has 1 atom stereocenters. The van der Waals surface area contributed by atoms with Gasteiger partial charge in [-0.25, -0.2) is 0 Å². The van der Waals surface area contributed by atoms with Crippen molar-refractivity contribution in [1.29, 1.82) is 0 Å². The Morgan fingerprint density at radius 2 is 2.26 bits per heavy atom. The summed E-state index contributed by atoms with van der Waals surface area (Å²) >= 11 is 0. The Morgan fingerprint density at radius 1 is 1.41 bits per heavy atom. The molecule has 2 amide bonds. The van der Waals surface area contributed by atoms with Gasteiger partial charge in [-0.3, -0.25) is 14.6 Å². The number of nitrogens with zero attached hydrogens (tertiary/aromatic N) is 5. The lowest BCUT2D eigenvalue weighted by Gasteiger charge is -2.39. The van der Waals surface area contributed by atoms with E-state index in [1.807, 2.05) is 21.9 Å². The third-order valence-electron chi connectivity index (χ3n) is 4.82. The molecule has 0 aromatic carbocycles. The summed E-state index contributed by atoms with van der Waals surface area (Å²) in [4.78, 5) is 36.8. The van der Waals surface area contributed by atoms with Crippen LogP contribution in [-0.4, -0.2) is 62.4 Å². The molecule has 0 spiro atoms. The van der Waals surface area contributed by atoms with E-state index in [9.17, 15) is 9.59 Å². The Bertz CT molecular complexity index is 777. The van der Waals surface area contributed by atoms with E-state index in [1.165, 1.54) is 0 Å². The first-order valence-electron chi connectivity index (χ1n) is 9.26. The van der Waals surface area contributed by atoms with Gasteiger partial charge in [0, 0.05) is 58.3 Å². The van der Waals surface area contributed by atoms with Gasteiger partial charge in [0.25, 0.3) is 0 Å². The van der Waals surface area contributed by atoms with Crippen LogP contribution in [0.25, 0.3) is 0 Å². The first-order chi connectivity index (χ1) is 13.0. The molecule has 8 nitrogen and oxygen atoms in total. The highest BCUT2D eigenvalue weighted by molar-refractivity contribution is 5.79. The van der Waals surface area contributed by atoms with Gasteiger partial charge in [0.2, 0.25) is 17.7 Å². The first kappa shape index (κ1) is 19.0. The summed E-state index contributed by atoms with van der Waals surface area (Å²) in [6.45, 7) is 5.11. The van der Waals surface area contributed by atoms with Gasteiger partial charge in [0.1, 0.15) is 0 Å². The summed E-state index contributed by atoms with van der Waals surface area (Å²) in [7, 11) is 0. The molecular formula is C19H25N5O3. The molecule has 0 aliphatic carbocycles. The molecule has 0 N–H and O–H groups in total. The average molecular weight is 371 g/mol. The zero-order valence-corrected chi connectivity index (χ0v) is 15.8. The lowest BCUT2D eigenvalue weighted by atomic mass is 10.0. The lowest BCUT2D eigenvalue weighted by molar-refractivity contribution is -0.138. The van der Waals surface area contributed by atoms with Crippen molar-refractivity contribution in [2.24, 2.45) is 0 Å². The van der Waals surface area contributed by atoms with Crippen molar-refractivity contribution < 1.29 is 14.1 Å². The maximum atomic E-state index is 12.6. The molecule has 0 bridgehead atoms. The summed E-state index contributed by atoms with van der Waals surface area (Å²) < 4.78 is 4.99. The average Bonchev–Trinajstić information content (AvgIpc) is 3.08. The molecule has 0 radical (unpaired) electrons. The molecule has 144 valence electrons. The standard InChI is InChI=1S/C19H25N5O3/c1-14-21-18(22-27-14)7-10-24(15(2)25)17-6-4-9-23(13-17)19(26)11-16-5-3-8-20-12-16/h3,5,8,12,17H,4,6-7,9-11,13H2,1-2H3. The summed E-state index contributed by atoms with van der Waals surface area (Å²) in [5, 5.41) is 3.89. The van der Waals surface area contributed by atoms with Crippen molar-refractivity contribution in [3.05, 3.63) is 41.8 Å². The molecular weight excluding hydrogens is 346 g/mol. The highest BCUT2D eigenvalue weighted by Crippen LogP contribution is 2.18. The van der Waals surface area contributed by atoms with E-state index in [0.717, 1.165) is 24.9 Å². The van der Waals surface area contributed by atoms with Crippen molar-refractivity contribution in [3.8, 4) is 0 Å². The predicted molar refractivity (Wildman–Crippen MR) is 97.7 cm³/mol. The molecule has 2 aromatic rings. The Labute approximate surface area is 158 Å². The minimum absolute atomic E-state index is 0.00164. The van der Waals surface area contributed by atoms with Crippen LogP contribution < -0.4 is 0 Å². The van der Waals surface area contributed by atoms with Gasteiger partial charge in [0.05, 0.1) is 6.42 Å². The number of piperidine rings is 1. The van der Waals surface area contributed by atoms with Crippen LogP contribution in [0, 0.1) is 6.92 Å². The molecule has 8 heteroatoms. The van der Waals surface area contributed by atoms with Crippen molar-refractivity contribution in [3.63, 3.8) is 0 Å². The fourth-order valence-electron chi connectivity index (χ4n) is 3.49.